The van der Waals surface area contributed by atoms with E-state index in [1.165, 1.54) is 193 Å². The lowest BCUT2D eigenvalue weighted by Gasteiger charge is -2.25. The third-order valence-electron chi connectivity index (χ3n) is 15.1. The normalized spacial score (nSPS) is 13.2. The summed E-state index contributed by atoms with van der Waals surface area (Å²) < 4.78 is 22.9. The van der Waals surface area contributed by atoms with E-state index >= 15 is 0 Å². The van der Waals surface area contributed by atoms with Gasteiger partial charge in [0.25, 0.3) is 6.29 Å². The van der Waals surface area contributed by atoms with Crippen LogP contribution in [0.1, 0.15) is 309 Å². The number of hydrogen-bond acceptors (Lipinski definition) is 7. The highest BCUT2D eigenvalue weighted by molar-refractivity contribution is 5.71. The summed E-state index contributed by atoms with van der Waals surface area (Å²) in [6.07, 6.45) is 84.3. The molecule has 0 spiro atoms. The van der Waals surface area contributed by atoms with E-state index in [1.54, 1.807) is 0 Å². The Hall–Kier alpha value is -3.53. The van der Waals surface area contributed by atoms with Gasteiger partial charge in [-0.2, -0.15) is 0 Å². The van der Waals surface area contributed by atoms with Crippen molar-refractivity contribution < 1.29 is 42.9 Å². The summed E-state index contributed by atoms with van der Waals surface area (Å²) in [5.74, 6) is -2.00. The predicted molar refractivity (Wildman–Crippen MR) is 355 cm³/mol. The third-order valence-corrected chi connectivity index (χ3v) is 15.1. The van der Waals surface area contributed by atoms with E-state index in [1.807, 2.05) is 21.1 Å². The SMILES string of the molecule is CC/C=C\C/C=C\C/C=C\C/C=C\C/C=C\CCCCCCCCCCCCCCCCCCCCCCCCCCCC(=O)OC(COC(=O)CCCCCCCCC/C=C\C/C=C\CCCCC)COC(OCC[N+](C)(C)C)C(=O)O. The summed E-state index contributed by atoms with van der Waals surface area (Å²) >= 11 is 0. The standard InChI is InChI=1S/C74H131NO8/c1-6-8-10-12-14-16-18-20-22-24-25-26-27-28-29-30-31-32-33-34-35-36-37-38-39-40-41-42-43-44-45-46-47-49-51-53-55-57-59-61-63-65-72(77)83-70(69-82-74(73(78)79)80-67-66-75(3,4)5)68-81-71(76)64-62-60-58-56-54-52-50-48-23-21-19-17-15-13-11-9-7-2/h8,10,14-17,20-23,25-26,28-29,70,74H,6-7,9,11-13,18-19,24,27,30-69H2,1-5H3/p+1/b10-8-,16-14-,17-15-,22-20-,23-21-,26-25-,29-28-. The van der Waals surface area contributed by atoms with Crippen molar-refractivity contribution in [1.82, 2.24) is 0 Å². The number of hydrogen-bond donors (Lipinski definition) is 1. The van der Waals surface area contributed by atoms with Crippen LogP contribution in [0.25, 0.3) is 0 Å². The highest BCUT2D eigenvalue weighted by atomic mass is 16.7. The van der Waals surface area contributed by atoms with Gasteiger partial charge in [0, 0.05) is 12.8 Å². The molecule has 1 N–H and O–H groups in total. The number of carbonyl (C=O) groups is 3. The number of aliphatic carboxylic acids is 1. The minimum absolute atomic E-state index is 0.185. The largest absolute Gasteiger partial charge is 0.477 e. The maximum atomic E-state index is 12.9. The zero-order valence-electron chi connectivity index (χ0n) is 54.8. The van der Waals surface area contributed by atoms with Crippen molar-refractivity contribution in [3.05, 3.63) is 85.1 Å². The molecule has 0 aliphatic rings. The summed E-state index contributed by atoms with van der Waals surface area (Å²) in [5.41, 5.74) is 0. The monoisotopic (exact) mass is 1160 g/mol. The average Bonchev–Trinajstić information content (AvgIpc) is 3.46. The van der Waals surface area contributed by atoms with Gasteiger partial charge in [0.2, 0.25) is 0 Å². The van der Waals surface area contributed by atoms with Crippen molar-refractivity contribution in [2.24, 2.45) is 0 Å². The van der Waals surface area contributed by atoms with Gasteiger partial charge in [0.15, 0.2) is 6.10 Å². The maximum absolute atomic E-state index is 12.9. The molecule has 0 aliphatic heterocycles. The second-order valence-corrected chi connectivity index (χ2v) is 24.5. The fraction of sp³-hybridized carbons (Fsp3) is 0.770. The van der Waals surface area contributed by atoms with E-state index < -0.39 is 24.3 Å². The van der Waals surface area contributed by atoms with Crippen molar-refractivity contribution in [1.29, 1.82) is 0 Å². The molecule has 83 heavy (non-hydrogen) atoms. The minimum Gasteiger partial charge on any atom is -0.477 e. The van der Waals surface area contributed by atoms with Gasteiger partial charge in [-0.05, 0) is 89.9 Å². The van der Waals surface area contributed by atoms with Crippen LogP contribution in [0.15, 0.2) is 85.1 Å². The first-order valence-electron chi connectivity index (χ1n) is 34.8. The molecule has 0 saturated carbocycles. The molecule has 0 radical (unpaired) electrons. The number of carboxylic acids is 1. The van der Waals surface area contributed by atoms with E-state index in [0.717, 1.165) is 89.9 Å². The molecule has 0 bridgehead atoms. The van der Waals surface area contributed by atoms with Crippen LogP contribution in [-0.2, 0) is 33.3 Å². The van der Waals surface area contributed by atoms with Gasteiger partial charge >= 0.3 is 17.9 Å². The molecule has 9 nitrogen and oxygen atoms in total. The Kier molecular flexibility index (Phi) is 61.7. The van der Waals surface area contributed by atoms with Gasteiger partial charge < -0.3 is 28.5 Å². The Labute approximate surface area is 512 Å². The minimum atomic E-state index is -1.51. The number of likely N-dealkylation sites (N-methyl/N-ethyl adjacent to an activating group) is 1. The smallest absolute Gasteiger partial charge is 0.361 e. The van der Waals surface area contributed by atoms with E-state index in [9.17, 15) is 19.5 Å². The Morgan fingerprint density at radius 2 is 0.687 bits per heavy atom. The first kappa shape index (κ1) is 79.5. The number of ether oxygens (including phenoxy) is 4. The highest BCUT2D eigenvalue weighted by Crippen LogP contribution is 2.18. The number of quaternary nitrogens is 1. The number of rotatable bonds is 64. The van der Waals surface area contributed by atoms with Crippen molar-refractivity contribution in [3.63, 3.8) is 0 Å². The van der Waals surface area contributed by atoms with E-state index in [0.29, 0.717) is 17.4 Å². The van der Waals surface area contributed by atoms with Gasteiger partial charge in [-0.1, -0.05) is 292 Å². The lowest BCUT2D eigenvalue weighted by Crippen LogP contribution is -2.40. The quantitative estimate of drug-likeness (QED) is 0.0211. The first-order chi connectivity index (χ1) is 40.6. The fourth-order valence-electron chi connectivity index (χ4n) is 9.84. The van der Waals surface area contributed by atoms with Crippen molar-refractivity contribution in [2.75, 3.05) is 47.5 Å². The molecule has 2 atom stereocenters. The molecule has 0 aromatic rings. The molecule has 0 aromatic carbocycles. The lowest BCUT2D eigenvalue weighted by molar-refractivity contribution is -0.870. The molecule has 480 valence electrons. The number of unbranched alkanes of at least 4 members (excludes halogenated alkanes) is 35. The highest BCUT2D eigenvalue weighted by Gasteiger charge is 2.25. The number of esters is 2. The molecule has 0 fully saturated rings. The number of allylic oxidation sites excluding steroid dienone is 14. The van der Waals surface area contributed by atoms with Gasteiger partial charge in [-0.3, -0.25) is 9.59 Å². The van der Waals surface area contributed by atoms with Crippen LogP contribution < -0.4 is 0 Å². The van der Waals surface area contributed by atoms with Crippen LogP contribution in [0, 0.1) is 0 Å². The van der Waals surface area contributed by atoms with Crippen LogP contribution >= 0.6 is 0 Å². The van der Waals surface area contributed by atoms with Gasteiger partial charge in [0.05, 0.1) is 34.4 Å². The lowest BCUT2D eigenvalue weighted by atomic mass is 10.0. The van der Waals surface area contributed by atoms with Crippen LogP contribution in [0.5, 0.6) is 0 Å². The summed E-state index contributed by atoms with van der Waals surface area (Å²) in [4.78, 5) is 37.5. The Morgan fingerprint density at radius 1 is 0.373 bits per heavy atom. The second kappa shape index (κ2) is 64.5. The van der Waals surface area contributed by atoms with Crippen LogP contribution in [0.2, 0.25) is 0 Å². The molecule has 0 rings (SSSR count). The van der Waals surface area contributed by atoms with Crippen LogP contribution in [0.4, 0.5) is 0 Å². The van der Waals surface area contributed by atoms with Crippen molar-refractivity contribution >= 4 is 17.9 Å². The maximum Gasteiger partial charge on any atom is 0.361 e. The molecule has 0 heterocycles. The molecular weight excluding hydrogens is 1030 g/mol. The summed E-state index contributed by atoms with van der Waals surface area (Å²) in [5, 5.41) is 9.73. The van der Waals surface area contributed by atoms with E-state index in [4.69, 9.17) is 18.9 Å². The molecule has 0 aliphatic carbocycles. The zero-order valence-corrected chi connectivity index (χ0v) is 54.8. The number of carboxylic acid groups (broad SMARTS) is 1. The number of carbonyl (C=O) groups excluding carboxylic acids is 2. The van der Waals surface area contributed by atoms with Gasteiger partial charge in [0.1, 0.15) is 13.2 Å². The fourth-order valence-corrected chi connectivity index (χ4v) is 9.84. The zero-order chi connectivity index (χ0) is 60.5. The van der Waals surface area contributed by atoms with Gasteiger partial charge in [-0.15, -0.1) is 0 Å². The molecule has 9 heteroatoms. The van der Waals surface area contributed by atoms with E-state index in [-0.39, 0.29) is 32.2 Å². The third kappa shape index (κ3) is 65.9. The summed E-state index contributed by atoms with van der Waals surface area (Å²) in [6.45, 7) is 4.76. The first-order valence-corrected chi connectivity index (χ1v) is 34.8. The Balaban J connectivity index is 3.96. The predicted octanol–water partition coefficient (Wildman–Crippen LogP) is 21.5. The van der Waals surface area contributed by atoms with Crippen LogP contribution in [0.3, 0.4) is 0 Å². The van der Waals surface area contributed by atoms with E-state index in [2.05, 4.69) is 98.9 Å². The molecule has 0 amide bonds. The molecule has 0 aromatic heterocycles. The number of nitrogens with zero attached hydrogens (tertiary/aromatic N) is 1. The molecular formula is C74H132NO8+. The summed E-state index contributed by atoms with van der Waals surface area (Å²) in [6, 6.07) is 0. The average molecular weight is 1160 g/mol. The molecule has 2 unspecified atom stereocenters. The van der Waals surface area contributed by atoms with Gasteiger partial charge in [-0.25, -0.2) is 4.79 Å². The van der Waals surface area contributed by atoms with Crippen molar-refractivity contribution in [2.45, 2.75) is 322 Å². The van der Waals surface area contributed by atoms with Crippen molar-refractivity contribution in [3.8, 4) is 0 Å². The molecule has 0 saturated heterocycles. The second-order valence-electron chi connectivity index (χ2n) is 24.5. The summed E-state index contributed by atoms with van der Waals surface area (Å²) in [7, 11) is 5.98. The van der Waals surface area contributed by atoms with Crippen LogP contribution in [-0.4, -0.2) is 87.4 Å². The Morgan fingerprint density at radius 3 is 1.02 bits per heavy atom. The topological polar surface area (TPSA) is 108 Å². The Bertz CT molecular complexity index is 1640.